The molecule has 5 rings (SSSR count). The smallest absolute Gasteiger partial charge is 0.410 e. The van der Waals surface area contributed by atoms with Crippen molar-refractivity contribution in [1.82, 2.24) is 20.4 Å². The summed E-state index contributed by atoms with van der Waals surface area (Å²) in [5.41, 5.74) is 0.0376. The van der Waals surface area contributed by atoms with Crippen LogP contribution < -0.4 is 16.0 Å². The molecule has 2 saturated heterocycles. The van der Waals surface area contributed by atoms with Crippen molar-refractivity contribution in [2.24, 2.45) is 17.8 Å². The summed E-state index contributed by atoms with van der Waals surface area (Å²) in [5.74, 6) is -3.15. The summed E-state index contributed by atoms with van der Waals surface area (Å²) in [6.45, 7) is 22.5. The number of esters is 1. The number of carbonyl (C=O) groups excluding carboxylic acids is 7. The van der Waals surface area contributed by atoms with Crippen molar-refractivity contribution >= 4 is 47.3 Å². The lowest BCUT2D eigenvalue weighted by Gasteiger charge is -2.45. The molecule has 0 bridgehead atoms. The standard InChI is InChI=1S/C62H94N6O14/c1-12-34-68(39-45-21-23-46(24-22-45)64-58(75)44(8)63-59(76)55(40(3)4)65-51(71)19-15-14-16-31-67-52(72)26-27-53(67)73)35-32-66(33-36-68)60(77)81-50-25-20-42(6)56(82-54(74)37-47(69)28-30-62(50,10)79-11)41(5)18-17-29-61(9,78)38-49-57(80-49)43(7)48(70)13-2/h17-18,20-27,29,40,42-44,47-50,55-57,69-70,78H,12-16,19,28,30-39H2,1-11H3,(H2-,63,64,65,71,75,76)/p+1/b25-20+,29-17+,41-18+/t42-,43+,44-,47+,48-,49+,50-,55?,56+,57+,61-,62+/m0/s1. The van der Waals surface area contributed by atoms with Gasteiger partial charge in [-0.25, -0.2) is 4.79 Å². The first-order valence-corrected chi connectivity index (χ1v) is 29.6. The fourth-order valence-corrected chi connectivity index (χ4v) is 11.1. The van der Waals surface area contributed by atoms with Gasteiger partial charge in [0.25, 0.3) is 11.8 Å². The van der Waals surface area contributed by atoms with Crippen LogP contribution in [-0.2, 0) is 54.3 Å². The number of anilines is 1. The average Bonchev–Trinajstić information content (AvgIpc) is 4.29. The van der Waals surface area contributed by atoms with Crippen molar-refractivity contribution in [2.45, 2.75) is 200 Å². The van der Waals surface area contributed by atoms with E-state index >= 15 is 0 Å². The number of rotatable bonds is 26. The van der Waals surface area contributed by atoms with Crippen molar-refractivity contribution in [1.29, 1.82) is 0 Å². The summed E-state index contributed by atoms with van der Waals surface area (Å²) in [6, 6.07) is 5.81. The Hall–Kier alpha value is -5.77. The number of carbonyl (C=O) groups is 7. The number of unbranched alkanes of at least 4 members (excludes halogenated alkanes) is 2. The quantitative estimate of drug-likeness (QED) is 0.0115. The van der Waals surface area contributed by atoms with Gasteiger partial charge >= 0.3 is 12.1 Å². The van der Waals surface area contributed by atoms with Gasteiger partial charge in [0.15, 0.2) is 6.10 Å². The maximum absolute atomic E-state index is 14.2. The Morgan fingerprint density at radius 2 is 1.63 bits per heavy atom. The highest BCUT2D eigenvalue weighted by molar-refractivity contribution is 6.12. The molecule has 456 valence electrons. The Kier molecular flexibility index (Phi) is 25.1. The molecule has 0 aromatic heterocycles. The van der Waals surface area contributed by atoms with Gasteiger partial charge in [0, 0.05) is 61.7 Å². The zero-order chi connectivity index (χ0) is 60.5. The Labute approximate surface area is 485 Å². The number of imide groups is 1. The average molecular weight is 1150 g/mol. The number of epoxide rings is 1. The first-order valence-electron chi connectivity index (χ1n) is 29.6. The number of cyclic esters (lactones) is 1. The van der Waals surface area contributed by atoms with E-state index in [9.17, 15) is 48.9 Å². The van der Waals surface area contributed by atoms with Crippen LogP contribution in [0.15, 0.2) is 72.4 Å². The third kappa shape index (κ3) is 19.7. The molecule has 0 saturated carbocycles. The minimum Gasteiger partial charge on any atom is -0.457 e. The number of nitrogens with zero attached hydrogens (tertiary/aromatic N) is 3. The molecule has 6 amide bonds. The van der Waals surface area contributed by atoms with Crippen molar-refractivity contribution in [3.8, 4) is 0 Å². The van der Waals surface area contributed by atoms with E-state index < -0.39 is 77.5 Å². The molecular formula is C62H95N6O14+. The summed E-state index contributed by atoms with van der Waals surface area (Å²) in [6.07, 6.45) is 11.4. The molecule has 1 unspecified atom stereocenters. The van der Waals surface area contributed by atoms with E-state index in [2.05, 4.69) is 22.9 Å². The molecule has 0 radical (unpaired) electrons. The molecule has 82 heavy (non-hydrogen) atoms. The second-order valence-corrected chi connectivity index (χ2v) is 24.0. The van der Waals surface area contributed by atoms with Crippen LogP contribution in [-0.4, -0.2) is 177 Å². The predicted molar refractivity (Wildman–Crippen MR) is 310 cm³/mol. The molecular weight excluding hydrogens is 1050 g/mol. The number of quaternary nitrogens is 1. The van der Waals surface area contributed by atoms with E-state index in [4.69, 9.17) is 18.9 Å². The van der Waals surface area contributed by atoms with Crippen LogP contribution in [0.4, 0.5) is 10.5 Å². The molecule has 2 fully saturated rings. The van der Waals surface area contributed by atoms with Gasteiger partial charge in [-0.2, -0.15) is 0 Å². The Morgan fingerprint density at radius 3 is 2.26 bits per heavy atom. The first kappa shape index (κ1) is 67.0. The number of allylic oxidation sites excluding steroid dienone is 2. The monoisotopic (exact) mass is 1150 g/mol. The van der Waals surface area contributed by atoms with Gasteiger partial charge in [-0.15, -0.1) is 0 Å². The molecule has 4 aliphatic rings. The fraction of sp³-hybridized carbons (Fsp3) is 0.661. The van der Waals surface area contributed by atoms with Crippen LogP contribution in [0.3, 0.4) is 0 Å². The van der Waals surface area contributed by atoms with E-state index in [1.54, 1.807) is 43.1 Å². The maximum Gasteiger partial charge on any atom is 0.410 e. The summed E-state index contributed by atoms with van der Waals surface area (Å²) in [7, 11) is 1.54. The molecule has 20 nitrogen and oxygen atoms in total. The summed E-state index contributed by atoms with van der Waals surface area (Å²) in [5, 5.41) is 40.9. The summed E-state index contributed by atoms with van der Waals surface area (Å²) >= 11 is 0. The number of amides is 6. The van der Waals surface area contributed by atoms with Crippen LogP contribution in [0.25, 0.3) is 0 Å². The molecule has 20 heteroatoms. The Bertz CT molecular complexity index is 2450. The fourth-order valence-electron chi connectivity index (χ4n) is 11.1. The van der Waals surface area contributed by atoms with Crippen LogP contribution in [0.2, 0.25) is 0 Å². The molecule has 0 aliphatic carbocycles. The lowest BCUT2D eigenvalue weighted by molar-refractivity contribution is -0.944. The van der Waals surface area contributed by atoms with E-state index in [-0.39, 0.29) is 74.0 Å². The van der Waals surface area contributed by atoms with Gasteiger partial charge in [0.2, 0.25) is 17.7 Å². The van der Waals surface area contributed by atoms with E-state index in [0.717, 1.165) is 23.0 Å². The number of methoxy groups -OCH3 is 1. The number of ether oxygens (including phenoxy) is 4. The highest BCUT2D eigenvalue weighted by Gasteiger charge is 2.47. The van der Waals surface area contributed by atoms with Crippen molar-refractivity contribution in [3.63, 3.8) is 0 Å². The number of hydrogen-bond acceptors (Lipinski definition) is 14. The molecule has 6 N–H and O–H groups in total. The van der Waals surface area contributed by atoms with Crippen molar-refractivity contribution in [2.75, 3.05) is 51.7 Å². The SMILES string of the molecule is CCC[N+]1(Cc2ccc(NC(=O)[C@H](C)NC(=O)C(NC(=O)CCCCCN3C(=O)C=CC3=O)C(C)C)cc2)CCN(C(=O)O[C@H]2/C=C/[C@H](C)[C@@H](/C(C)=C/C=C/[C@](C)(O)C[C@H]3O[C@@H]3[C@H](C)[C@@H](O)CC)OC(=O)C[C@H](O)CC[C@@]2(C)OC)CC1. The Morgan fingerprint density at radius 1 is 0.963 bits per heavy atom. The normalized spacial score (nSPS) is 26.9. The third-order valence-electron chi connectivity index (χ3n) is 16.6. The molecule has 4 heterocycles. The number of aliphatic hydroxyl groups is 3. The second kappa shape index (κ2) is 30.7. The van der Waals surface area contributed by atoms with Gasteiger partial charge in [0.1, 0.15) is 30.3 Å². The zero-order valence-electron chi connectivity index (χ0n) is 50.4. The first-order chi connectivity index (χ1) is 38.7. The number of aliphatic hydroxyl groups excluding tert-OH is 2. The van der Waals surface area contributed by atoms with Gasteiger partial charge in [-0.05, 0) is 95.9 Å². The molecule has 1 aromatic carbocycles. The third-order valence-corrected chi connectivity index (χ3v) is 16.6. The van der Waals surface area contributed by atoms with Crippen LogP contribution in [0.1, 0.15) is 139 Å². The summed E-state index contributed by atoms with van der Waals surface area (Å²) in [4.78, 5) is 93.3. The topological polar surface area (TPSA) is 263 Å². The highest BCUT2D eigenvalue weighted by Crippen LogP contribution is 2.38. The van der Waals surface area contributed by atoms with Crippen LogP contribution >= 0.6 is 0 Å². The maximum atomic E-state index is 14.2. The van der Waals surface area contributed by atoms with Crippen LogP contribution in [0.5, 0.6) is 0 Å². The zero-order valence-corrected chi connectivity index (χ0v) is 50.4. The van der Waals surface area contributed by atoms with E-state index in [1.165, 1.54) is 24.2 Å². The van der Waals surface area contributed by atoms with E-state index in [0.29, 0.717) is 76.1 Å². The van der Waals surface area contributed by atoms with Gasteiger partial charge < -0.3 is 54.7 Å². The van der Waals surface area contributed by atoms with Crippen LogP contribution in [0, 0.1) is 17.8 Å². The van der Waals surface area contributed by atoms with Gasteiger partial charge in [-0.3, -0.25) is 38.6 Å². The van der Waals surface area contributed by atoms with E-state index in [1.807, 2.05) is 78.8 Å². The van der Waals surface area contributed by atoms with Crippen molar-refractivity contribution in [3.05, 3.63) is 77.9 Å². The second-order valence-electron chi connectivity index (χ2n) is 24.0. The number of hydrogen-bond donors (Lipinski definition) is 6. The Balaban J connectivity index is 1.15. The van der Waals surface area contributed by atoms with Crippen molar-refractivity contribution < 1.29 is 72.3 Å². The molecule has 1 aromatic rings. The summed E-state index contributed by atoms with van der Waals surface area (Å²) < 4.78 is 24.9. The number of piperazine rings is 1. The lowest BCUT2D eigenvalue weighted by Crippen LogP contribution is -2.60. The highest BCUT2D eigenvalue weighted by atomic mass is 16.6. The molecule has 4 aliphatic heterocycles. The predicted octanol–water partition coefficient (Wildman–Crippen LogP) is 6.18. The number of benzene rings is 1. The molecule has 12 atom stereocenters. The minimum absolute atomic E-state index is 0.0425. The lowest BCUT2D eigenvalue weighted by atomic mass is 9.88. The number of nitrogens with one attached hydrogen (secondary N) is 3. The van der Waals surface area contributed by atoms with Gasteiger partial charge in [0.05, 0.1) is 69.2 Å². The molecule has 0 spiro atoms. The minimum atomic E-state index is -1.20. The largest absolute Gasteiger partial charge is 0.457 e. The van der Waals surface area contributed by atoms with Gasteiger partial charge in [-0.1, -0.05) is 84.4 Å².